The van der Waals surface area contributed by atoms with Gasteiger partial charge in [0.1, 0.15) is 0 Å². The van der Waals surface area contributed by atoms with Gasteiger partial charge in [0, 0.05) is 0 Å². The zero-order valence-corrected chi connectivity index (χ0v) is 11.8. The topological polar surface area (TPSA) is 9.23 Å². The molecule has 0 heterocycles. The second kappa shape index (κ2) is 5.31. The fourth-order valence-corrected chi connectivity index (χ4v) is 3.38. The maximum Gasteiger partial charge on any atom is 0.205 e. The summed E-state index contributed by atoms with van der Waals surface area (Å²) in [4.78, 5) is 0. The molecule has 15 heavy (non-hydrogen) atoms. The summed E-state index contributed by atoms with van der Waals surface area (Å²) >= 11 is 0. The molecule has 2 atom stereocenters. The van der Waals surface area contributed by atoms with Crippen LogP contribution in [0.25, 0.3) is 0 Å². The Morgan fingerprint density at radius 3 is 2.33 bits per heavy atom. The first-order chi connectivity index (χ1) is 6.91. The van der Waals surface area contributed by atoms with Crippen LogP contribution in [0.2, 0.25) is 13.1 Å². The van der Waals surface area contributed by atoms with Crippen LogP contribution in [0.4, 0.5) is 0 Å². The Hall–Kier alpha value is -0.0831. The molecule has 1 nitrogen and oxygen atoms in total. The molecule has 0 aliphatic heterocycles. The van der Waals surface area contributed by atoms with Gasteiger partial charge in [-0.05, 0) is 43.7 Å². The highest BCUT2D eigenvalue weighted by Gasteiger charge is 2.33. The van der Waals surface area contributed by atoms with Crippen molar-refractivity contribution in [1.29, 1.82) is 0 Å². The van der Waals surface area contributed by atoms with E-state index in [9.17, 15) is 0 Å². The highest BCUT2D eigenvalue weighted by Crippen LogP contribution is 2.35. The summed E-state index contributed by atoms with van der Waals surface area (Å²) < 4.78 is 6.22. The SMILES string of the molecule is C[Si](C)OC(C1CC=CCC1)C(C)(C)C. The molecular formula is C13H25OSi. The zero-order chi connectivity index (χ0) is 11.5. The summed E-state index contributed by atoms with van der Waals surface area (Å²) in [6.07, 6.45) is 8.81. The Balaban J connectivity index is 2.67. The van der Waals surface area contributed by atoms with Gasteiger partial charge in [-0.3, -0.25) is 0 Å². The first-order valence-electron chi connectivity index (χ1n) is 6.03. The van der Waals surface area contributed by atoms with Gasteiger partial charge in [-0.25, -0.2) is 0 Å². The van der Waals surface area contributed by atoms with Crippen LogP contribution >= 0.6 is 0 Å². The number of allylic oxidation sites excluding steroid dienone is 2. The minimum Gasteiger partial charge on any atom is -0.413 e. The lowest BCUT2D eigenvalue weighted by atomic mass is 9.77. The molecule has 1 radical (unpaired) electrons. The zero-order valence-electron chi connectivity index (χ0n) is 10.8. The van der Waals surface area contributed by atoms with Crippen molar-refractivity contribution in [1.82, 2.24) is 0 Å². The predicted octanol–water partition coefficient (Wildman–Crippen LogP) is 4.03. The van der Waals surface area contributed by atoms with E-state index in [2.05, 4.69) is 46.0 Å². The van der Waals surface area contributed by atoms with Crippen molar-refractivity contribution < 1.29 is 4.43 Å². The molecule has 2 unspecified atom stereocenters. The fraction of sp³-hybridized carbons (Fsp3) is 0.846. The molecule has 0 aromatic carbocycles. The third-order valence-corrected chi connectivity index (χ3v) is 3.68. The highest BCUT2D eigenvalue weighted by molar-refractivity contribution is 6.48. The van der Waals surface area contributed by atoms with Crippen LogP contribution in [0.1, 0.15) is 40.0 Å². The van der Waals surface area contributed by atoms with E-state index in [-0.39, 0.29) is 5.41 Å². The first kappa shape index (κ1) is 13.0. The van der Waals surface area contributed by atoms with Crippen molar-refractivity contribution in [2.75, 3.05) is 0 Å². The Bertz CT molecular complexity index is 215. The lowest BCUT2D eigenvalue weighted by molar-refractivity contribution is 0.0291. The molecule has 0 fully saturated rings. The molecule has 0 aromatic heterocycles. The van der Waals surface area contributed by atoms with Gasteiger partial charge in [0.25, 0.3) is 0 Å². The minimum absolute atomic E-state index is 0.276. The van der Waals surface area contributed by atoms with Gasteiger partial charge in [0.15, 0.2) is 0 Å². The van der Waals surface area contributed by atoms with Gasteiger partial charge in [-0.15, -0.1) is 0 Å². The van der Waals surface area contributed by atoms with Crippen LogP contribution in [-0.4, -0.2) is 15.1 Å². The van der Waals surface area contributed by atoms with Crippen LogP contribution in [0.5, 0.6) is 0 Å². The average Bonchev–Trinajstić information content (AvgIpc) is 2.14. The van der Waals surface area contributed by atoms with E-state index in [0.717, 1.165) is 5.92 Å². The number of hydrogen-bond donors (Lipinski definition) is 0. The summed E-state index contributed by atoms with van der Waals surface area (Å²) in [5.74, 6) is 0.731. The molecule has 1 aliphatic carbocycles. The number of hydrogen-bond acceptors (Lipinski definition) is 1. The molecule has 1 aliphatic rings. The smallest absolute Gasteiger partial charge is 0.205 e. The van der Waals surface area contributed by atoms with E-state index >= 15 is 0 Å². The monoisotopic (exact) mass is 225 g/mol. The average molecular weight is 225 g/mol. The standard InChI is InChI=1S/C13H25OSi/c1-13(2,3)12(14-15(4)5)11-9-7-6-8-10-11/h6-7,11-12H,8-10H2,1-5H3. The van der Waals surface area contributed by atoms with E-state index in [1.54, 1.807) is 0 Å². The van der Waals surface area contributed by atoms with Crippen LogP contribution in [0.3, 0.4) is 0 Å². The van der Waals surface area contributed by atoms with Gasteiger partial charge in [0.2, 0.25) is 9.04 Å². The second-order valence-corrected chi connectivity index (χ2v) is 7.91. The quantitative estimate of drug-likeness (QED) is 0.520. The Morgan fingerprint density at radius 2 is 1.93 bits per heavy atom. The third kappa shape index (κ3) is 4.11. The first-order valence-corrected chi connectivity index (χ1v) is 8.44. The summed E-state index contributed by atoms with van der Waals surface area (Å²) in [5, 5.41) is 0. The molecule has 0 aromatic rings. The van der Waals surface area contributed by atoms with Gasteiger partial charge in [-0.1, -0.05) is 32.9 Å². The van der Waals surface area contributed by atoms with E-state index in [1.165, 1.54) is 19.3 Å². The molecule has 0 saturated carbocycles. The van der Waals surface area contributed by atoms with Crippen LogP contribution < -0.4 is 0 Å². The molecule has 0 spiro atoms. The van der Waals surface area contributed by atoms with Gasteiger partial charge < -0.3 is 4.43 Å². The van der Waals surface area contributed by atoms with Gasteiger partial charge >= 0.3 is 0 Å². The van der Waals surface area contributed by atoms with E-state index in [1.807, 2.05) is 0 Å². The molecular weight excluding hydrogens is 200 g/mol. The Labute approximate surface area is 96.6 Å². The molecule has 87 valence electrons. The van der Waals surface area contributed by atoms with Crippen molar-refractivity contribution >= 4 is 9.04 Å². The molecule has 1 rings (SSSR count). The Kier molecular flexibility index (Phi) is 4.59. The van der Waals surface area contributed by atoms with Gasteiger partial charge in [0.05, 0.1) is 6.10 Å². The lowest BCUT2D eigenvalue weighted by Crippen LogP contribution is -2.39. The molecule has 0 saturated heterocycles. The summed E-state index contributed by atoms with van der Waals surface area (Å²) in [6.45, 7) is 11.4. The normalized spacial score (nSPS) is 24.5. The summed E-state index contributed by atoms with van der Waals surface area (Å²) in [5.41, 5.74) is 0.276. The van der Waals surface area contributed by atoms with Crippen molar-refractivity contribution in [3.05, 3.63) is 12.2 Å². The van der Waals surface area contributed by atoms with E-state index < -0.39 is 9.04 Å². The van der Waals surface area contributed by atoms with Crippen LogP contribution in [0.15, 0.2) is 12.2 Å². The van der Waals surface area contributed by atoms with Crippen molar-refractivity contribution in [3.8, 4) is 0 Å². The third-order valence-electron chi connectivity index (χ3n) is 2.95. The van der Waals surface area contributed by atoms with Crippen LogP contribution in [-0.2, 0) is 4.43 Å². The maximum atomic E-state index is 6.22. The van der Waals surface area contributed by atoms with Crippen molar-refractivity contribution in [3.63, 3.8) is 0 Å². The molecule has 0 N–H and O–H groups in total. The summed E-state index contributed by atoms with van der Waals surface area (Å²) in [7, 11) is -0.588. The van der Waals surface area contributed by atoms with Crippen molar-refractivity contribution in [2.45, 2.75) is 59.2 Å². The molecule has 2 heteroatoms. The molecule has 0 amide bonds. The minimum atomic E-state index is -0.588. The largest absolute Gasteiger partial charge is 0.413 e. The number of rotatable bonds is 3. The van der Waals surface area contributed by atoms with Crippen molar-refractivity contribution in [2.24, 2.45) is 11.3 Å². The predicted molar refractivity (Wildman–Crippen MR) is 68.3 cm³/mol. The van der Waals surface area contributed by atoms with E-state index in [0.29, 0.717) is 6.10 Å². The summed E-state index contributed by atoms with van der Waals surface area (Å²) in [6, 6.07) is 0. The van der Waals surface area contributed by atoms with Gasteiger partial charge in [-0.2, -0.15) is 0 Å². The maximum absolute atomic E-state index is 6.22. The second-order valence-electron chi connectivity index (χ2n) is 5.86. The lowest BCUT2D eigenvalue weighted by Gasteiger charge is -2.39. The molecule has 0 bridgehead atoms. The van der Waals surface area contributed by atoms with Crippen LogP contribution in [0, 0.1) is 11.3 Å². The van der Waals surface area contributed by atoms with E-state index in [4.69, 9.17) is 4.43 Å². The highest BCUT2D eigenvalue weighted by atomic mass is 28.3. The fourth-order valence-electron chi connectivity index (χ4n) is 2.33. The Morgan fingerprint density at radius 1 is 1.27 bits per heavy atom.